The van der Waals surface area contributed by atoms with Crippen LogP contribution in [0.4, 0.5) is 0 Å². The Balaban J connectivity index is 2.00. The molecular formula is C12H18N2O3. The Morgan fingerprint density at radius 1 is 1.71 bits per heavy atom. The Kier molecular flexibility index (Phi) is 3.19. The summed E-state index contributed by atoms with van der Waals surface area (Å²) in [6.07, 6.45) is 1.66. The second-order valence-corrected chi connectivity index (χ2v) is 5.11. The van der Waals surface area contributed by atoms with E-state index in [4.69, 9.17) is 4.52 Å². The molecule has 5 heteroatoms. The lowest BCUT2D eigenvalue weighted by Crippen LogP contribution is -2.45. The fourth-order valence-corrected chi connectivity index (χ4v) is 2.37. The summed E-state index contributed by atoms with van der Waals surface area (Å²) in [6.45, 7) is 5.83. The number of hydrogen-bond acceptors (Lipinski definition) is 4. The van der Waals surface area contributed by atoms with E-state index in [2.05, 4.69) is 10.1 Å². The lowest BCUT2D eigenvalue weighted by molar-refractivity contribution is -0.151. The summed E-state index contributed by atoms with van der Waals surface area (Å²) in [7, 11) is 0. The number of carbonyl (C=O) groups is 1. The lowest BCUT2D eigenvalue weighted by Gasteiger charge is -2.36. The van der Waals surface area contributed by atoms with Gasteiger partial charge in [0.25, 0.3) is 0 Å². The van der Waals surface area contributed by atoms with Crippen LogP contribution in [-0.4, -0.2) is 34.2 Å². The first-order valence-electron chi connectivity index (χ1n) is 5.87. The lowest BCUT2D eigenvalue weighted by atomic mass is 9.82. The molecule has 1 aromatic rings. The van der Waals surface area contributed by atoms with E-state index in [0.717, 1.165) is 30.8 Å². The molecule has 5 nitrogen and oxygen atoms in total. The van der Waals surface area contributed by atoms with Gasteiger partial charge in [-0.1, -0.05) is 5.16 Å². The number of carboxylic acids is 1. The van der Waals surface area contributed by atoms with Crippen molar-refractivity contribution in [2.24, 2.45) is 5.41 Å². The van der Waals surface area contributed by atoms with Gasteiger partial charge in [0.1, 0.15) is 0 Å². The molecular weight excluding hydrogens is 220 g/mol. The van der Waals surface area contributed by atoms with E-state index in [9.17, 15) is 9.90 Å². The zero-order chi connectivity index (χ0) is 12.5. The highest BCUT2D eigenvalue weighted by Gasteiger charge is 2.37. The molecule has 94 valence electrons. The topological polar surface area (TPSA) is 66.6 Å². The Bertz CT molecular complexity index is 416. The summed E-state index contributed by atoms with van der Waals surface area (Å²) in [6, 6.07) is 1.90. The normalized spacial score (nSPS) is 26.0. The third-order valence-corrected chi connectivity index (χ3v) is 3.35. The van der Waals surface area contributed by atoms with Gasteiger partial charge in [0.15, 0.2) is 5.76 Å². The molecule has 0 radical (unpaired) electrons. The second-order valence-electron chi connectivity index (χ2n) is 5.11. The molecule has 0 aliphatic carbocycles. The Hall–Kier alpha value is -1.36. The predicted octanol–water partition coefficient (Wildman–Crippen LogP) is 1.67. The van der Waals surface area contributed by atoms with E-state index in [-0.39, 0.29) is 0 Å². The average molecular weight is 238 g/mol. The molecule has 1 atom stereocenters. The van der Waals surface area contributed by atoms with Gasteiger partial charge in [-0.3, -0.25) is 9.69 Å². The van der Waals surface area contributed by atoms with Crippen molar-refractivity contribution in [1.82, 2.24) is 10.1 Å². The summed E-state index contributed by atoms with van der Waals surface area (Å²) in [5, 5.41) is 13.1. The van der Waals surface area contributed by atoms with Crippen molar-refractivity contribution in [1.29, 1.82) is 0 Å². The molecule has 1 aliphatic rings. The van der Waals surface area contributed by atoms with Crippen molar-refractivity contribution in [3.8, 4) is 0 Å². The van der Waals surface area contributed by atoms with Gasteiger partial charge in [0.2, 0.25) is 0 Å². The number of rotatable bonds is 3. The van der Waals surface area contributed by atoms with Gasteiger partial charge in [0.05, 0.1) is 17.7 Å². The van der Waals surface area contributed by atoms with Crippen LogP contribution >= 0.6 is 0 Å². The van der Waals surface area contributed by atoms with Gasteiger partial charge in [-0.05, 0) is 33.2 Å². The van der Waals surface area contributed by atoms with Crippen LogP contribution in [0.2, 0.25) is 0 Å². The molecule has 0 aromatic carbocycles. The van der Waals surface area contributed by atoms with Crippen LogP contribution in [0.3, 0.4) is 0 Å². The van der Waals surface area contributed by atoms with E-state index in [1.807, 2.05) is 19.9 Å². The molecule has 1 fully saturated rings. The number of aliphatic carboxylic acids is 1. The minimum absolute atomic E-state index is 0.572. The number of aromatic nitrogens is 1. The second kappa shape index (κ2) is 4.49. The Morgan fingerprint density at radius 2 is 2.47 bits per heavy atom. The maximum absolute atomic E-state index is 11.2. The van der Waals surface area contributed by atoms with E-state index in [1.54, 1.807) is 0 Å². The van der Waals surface area contributed by atoms with Crippen molar-refractivity contribution in [2.45, 2.75) is 33.2 Å². The van der Waals surface area contributed by atoms with E-state index < -0.39 is 11.4 Å². The summed E-state index contributed by atoms with van der Waals surface area (Å²) in [4.78, 5) is 13.3. The standard InChI is InChI=1S/C12H18N2O3/c1-9-6-10(17-13-9)7-14-5-3-4-12(2,8-14)11(15)16/h6H,3-5,7-8H2,1-2H3,(H,15,16). The van der Waals surface area contributed by atoms with Crippen LogP contribution in [0, 0.1) is 12.3 Å². The van der Waals surface area contributed by atoms with Crippen LogP contribution < -0.4 is 0 Å². The zero-order valence-corrected chi connectivity index (χ0v) is 10.3. The van der Waals surface area contributed by atoms with Gasteiger partial charge < -0.3 is 9.63 Å². The molecule has 1 unspecified atom stereocenters. The molecule has 0 saturated carbocycles. The third-order valence-electron chi connectivity index (χ3n) is 3.35. The number of aryl methyl sites for hydroxylation is 1. The number of piperidine rings is 1. The highest BCUT2D eigenvalue weighted by molar-refractivity contribution is 5.74. The smallest absolute Gasteiger partial charge is 0.310 e. The van der Waals surface area contributed by atoms with Crippen LogP contribution in [-0.2, 0) is 11.3 Å². The highest BCUT2D eigenvalue weighted by atomic mass is 16.5. The zero-order valence-electron chi connectivity index (χ0n) is 10.3. The van der Waals surface area contributed by atoms with Crippen molar-refractivity contribution in [3.63, 3.8) is 0 Å². The molecule has 0 spiro atoms. The predicted molar refractivity (Wildman–Crippen MR) is 61.5 cm³/mol. The molecule has 2 rings (SSSR count). The van der Waals surface area contributed by atoms with Crippen LogP contribution in [0.1, 0.15) is 31.2 Å². The monoisotopic (exact) mass is 238 g/mol. The molecule has 1 aromatic heterocycles. The number of nitrogens with zero attached hydrogens (tertiary/aromatic N) is 2. The quantitative estimate of drug-likeness (QED) is 0.867. The first-order chi connectivity index (χ1) is 7.99. The summed E-state index contributed by atoms with van der Waals surface area (Å²) in [5.74, 6) is 0.0908. The van der Waals surface area contributed by atoms with E-state index in [1.165, 1.54) is 0 Å². The summed E-state index contributed by atoms with van der Waals surface area (Å²) in [5.41, 5.74) is 0.228. The molecule has 1 saturated heterocycles. The van der Waals surface area contributed by atoms with Gasteiger partial charge in [-0.2, -0.15) is 0 Å². The van der Waals surface area contributed by atoms with Crippen LogP contribution in [0.25, 0.3) is 0 Å². The molecule has 1 aliphatic heterocycles. The van der Waals surface area contributed by atoms with Gasteiger partial charge in [-0.25, -0.2) is 0 Å². The van der Waals surface area contributed by atoms with Gasteiger partial charge in [-0.15, -0.1) is 0 Å². The van der Waals surface area contributed by atoms with Crippen LogP contribution in [0.15, 0.2) is 10.6 Å². The molecule has 2 heterocycles. The summed E-state index contributed by atoms with van der Waals surface area (Å²) < 4.78 is 5.16. The number of likely N-dealkylation sites (tertiary alicyclic amines) is 1. The average Bonchev–Trinajstić information content (AvgIpc) is 2.64. The number of carboxylic acid groups (broad SMARTS) is 1. The number of hydrogen-bond donors (Lipinski definition) is 1. The van der Waals surface area contributed by atoms with E-state index in [0.29, 0.717) is 13.1 Å². The first-order valence-corrected chi connectivity index (χ1v) is 5.87. The maximum atomic E-state index is 11.2. The molecule has 17 heavy (non-hydrogen) atoms. The maximum Gasteiger partial charge on any atom is 0.310 e. The fourth-order valence-electron chi connectivity index (χ4n) is 2.37. The fraction of sp³-hybridized carbons (Fsp3) is 0.667. The summed E-state index contributed by atoms with van der Waals surface area (Å²) >= 11 is 0. The third kappa shape index (κ3) is 2.66. The van der Waals surface area contributed by atoms with Crippen molar-refractivity contribution >= 4 is 5.97 Å². The van der Waals surface area contributed by atoms with E-state index >= 15 is 0 Å². The SMILES string of the molecule is Cc1cc(CN2CCCC(C)(C(=O)O)C2)on1. The van der Waals surface area contributed by atoms with Gasteiger partial charge >= 0.3 is 5.97 Å². The minimum atomic E-state index is -0.712. The van der Waals surface area contributed by atoms with Crippen molar-refractivity contribution in [2.75, 3.05) is 13.1 Å². The minimum Gasteiger partial charge on any atom is -0.481 e. The van der Waals surface area contributed by atoms with Crippen molar-refractivity contribution in [3.05, 3.63) is 17.5 Å². The molecule has 0 bridgehead atoms. The highest BCUT2D eigenvalue weighted by Crippen LogP contribution is 2.30. The Morgan fingerprint density at radius 3 is 3.06 bits per heavy atom. The van der Waals surface area contributed by atoms with Crippen molar-refractivity contribution < 1.29 is 14.4 Å². The van der Waals surface area contributed by atoms with Gasteiger partial charge in [0, 0.05) is 12.6 Å². The largest absolute Gasteiger partial charge is 0.481 e. The first kappa shape index (κ1) is 12.1. The molecule has 0 amide bonds. The molecule has 1 N–H and O–H groups in total. The Labute approximate surface area is 100 Å². The van der Waals surface area contributed by atoms with Crippen LogP contribution in [0.5, 0.6) is 0 Å².